The zero-order valence-corrected chi connectivity index (χ0v) is 11.2. The molecule has 1 aromatic rings. The van der Waals surface area contributed by atoms with Crippen molar-refractivity contribution in [3.05, 3.63) is 29.3 Å². The molecule has 0 saturated heterocycles. The van der Waals surface area contributed by atoms with Crippen molar-refractivity contribution in [2.75, 3.05) is 18.9 Å². The molecule has 0 saturated carbocycles. The number of carboxylic acids is 1. The van der Waals surface area contributed by atoms with E-state index in [1.807, 2.05) is 0 Å². The van der Waals surface area contributed by atoms with E-state index in [1.54, 1.807) is 0 Å². The average Bonchev–Trinajstić information content (AvgIpc) is 2.38. The summed E-state index contributed by atoms with van der Waals surface area (Å²) in [5, 5.41) is 10.6. The van der Waals surface area contributed by atoms with Gasteiger partial charge in [0.25, 0.3) is 0 Å². The fourth-order valence-corrected chi connectivity index (χ4v) is 1.54. The zero-order valence-electron chi connectivity index (χ0n) is 11.2. The number of benzene rings is 1. The molecule has 5 nitrogen and oxygen atoms in total. The molecule has 0 radical (unpaired) electrons. The Kier molecular flexibility index (Phi) is 5.42. The van der Waals surface area contributed by atoms with Crippen LogP contribution in [0.5, 0.6) is 0 Å². The SMILES string of the molecule is Cc1ccc(F)c(NC(=O)N(C)CCCC(=O)O)c1F. The fourth-order valence-electron chi connectivity index (χ4n) is 1.54. The lowest BCUT2D eigenvalue weighted by Crippen LogP contribution is -2.33. The van der Waals surface area contributed by atoms with E-state index in [-0.39, 0.29) is 24.9 Å². The Morgan fingerprint density at radius 2 is 2.00 bits per heavy atom. The second-order valence-electron chi connectivity index (χ2n) is 4.40. The normalized spacial score (nSPS) is 10.2. The van der Waals surface area contributed by atoms with Crippen LogP contribution in [0.4, 0.5) is 19.3 Å². The lowest BCUT2D eigenvalue weighted by Gasteiger charge is -2.18. The van der Waals surface area contributed by atoms with E-state index in [0.29, 0.717) is 0 Å². The standard InChI is InChI=1S/C13H16F2N2O3/c1-8-5-6-9(14)12(11(8)15)16-13(20)17(2)7-3-4-10(18)19/h5-6H,3-4,7H2,1-2H3,(H,16,20)(H,18,19). The number of urea groups is 1. The molecule has 20 heavy (non-hydrogen) atoms. The molecule has 0 fully saturated rings. The highest BCUT2D eigenvalue weighted by Crippen LogP contribution is 2.21. The van der Waals surface area contributed by atoms with Crippen LogP contribution >= 0.6 is 0 Å². The van der Waals surface area contributed by atoms with Crippen LogP contribution in [0.1, 0.15) is 18.4 Å². The van der Waals surface area contributed by atoms with E-state index in [1.165, 1.54) is 24.9 Å². The summed E-state index contributed by atoms with van der Waals surface area (Å²) in [7, 11) is 1.42. The Morgan fingerprint density at radius 1 is 1.35 bits per heavy atom. The van der Waals surface area contributed by atoms with Gasteiger partial charge in [-0.1, -0.05) is 6.07 Å². The van der Waals surface area contributed by atoms with E-state index >= 15 is 0 Å². The lowest BCUT2D eigenvalue weighted by molar-refractivity contribution is -0.137. The number of nitrogens with one attached hydrogen (secondary N) is 1. The van der Waals surface area contributed by atoms with E-state index in [9.17, 15) is 18.4 Å². The highest BCUT2D eigenvalue weighted by atomic mass is 19.1. The maximum Gasteiger partial charge on any atom is 0.321 e. The zero-order chi connectivity index (χ0) is 15.3. The number of hydrogen-bond donors (Lipinski definition) is 2. The molecule has 0 aliphatic carbocycles. The van der Waals surface area contributed by atoms with Gasteiger partial charge in [0, 0.05) is 20.0 Å². The van der Waals surface area contributed by atoms with Gasteiger partial charge in [0.05, 0.1) is 0 Å². The van der Waals surface area contributed by atoms with Gasteiger partial charge in [0.1, 0.15) is 11.5 Å². The van der Waals surface area contributed by atoms with E-state index in [2.05, 4.69) is 5.32 Å². The Hall–Kier alpha value is -2.18. The summed E-state index contributed by atoms with van der Waals surface area (Å²) >= 11 is 0. The first-order valence-electron chi connectivity index (χ1n) is 6.01. The topological polar surface area (TPSA) is 69.6 Å². The minimum atomic E-state index is -0.963. The molecule has 1 aromatic carbocycles. The van der Waals surface area contributed by atoms with Gasteiger partial charge in [-0.15, -0.1) is 0 Å². The van der Waals surface area contributed by atoms with E-state index < -0.39 is 29.3 Å². The van der Waals surface area contributed by atoms with Gasteiger partial charge >= 0.3 is 12.0 Å². The molecular formula is C13H16F2N2O3. The van der Waals surface area contributed by atoms with Crippen molar-refractivity contribution in [2.45, 2.75) is 19.8 Å². The number of hydrogen-bond acceptors (Lipinski definition) is 2. The lowest BCUT2D eigenvalue weighted by atomic mass is 10.2. The third-order valence-electron chi connectivity index (χ3n) is 2.75. The average molecular weight is 286 g/mol. The van der Waals surface area contributed by atoms with Crippen LogP contribution in [0.15, 0.2) is 12.1 Å². The second-order valence-corrected chi connectivity index (χ2v) is 4.40. The molecule has 0 unspecified atom stereocenters. The molecule has 0 bridgehead atoms. The van der Waals surface area contributed by atoms with Crippen molar-refractivity contribution in [3.63, 3.8) is 0 Å². The number of rotatable bonds is 5. The molecule has 0 atom stereocenters. The number of nitrogens with zero attached hydrogens (tertiary/aromatic N) is 1. The quantitative estimate of drug-likeness (QED) is 0.874. The van der Waals surface area contributed by atoms with Gasteiger partial charge < -0.3 is 15.3 Å². The molecule has 0 aromatic heterocycles. The first-order chi connectivity index (χ1) is 9.32. The maximum absolute atomic E-state index is 13.7. The highest BCUT2D eigenvalue weighted by Gasteiger charge is 2.16. The number of amides is 2. The number of anilines is 1. The van der Waals surface area contributed by atoms with Crippen LogP contribution in [0.2, 0.25) is 0 Å². The van der Waals surface area contributed by atoms with Crippen LogP contribution in [-0.2, 0) is 4.79 Å². The number of carboxylic acid groups (broad SMARTS) is 1. The number of carbonyl (C=O) groups excluding carboxylic acids is 1. The molecular weight excluding hydrogens is 270 g/mol. The fraction of sp³-hybridized carbons (Fsp3) is 0.385. The van der Waals surface area contributed by atoms with Crippen LogP contribution in [0.3, 0.4) is 0 Å². The largest absolute Gasteiger partial charge is 0.481 e. The number of halogens is 2. The van der Waals surface area contributed by atoms with Crippen molar-refractivity contribution >= 4 is 17.7 Å². The maximum atomic E-state index is 13.7. The number of carbonyl (C=O) groups is 2. The molecule has 2 amide bonds. The third-order valence-corrected chi connectivity index (χ3v) is 2.75. The smallest absolute Gasteiger partial charge is 0.321 e. The van der Waals surface area contributed by atoms with Crippen LogP contribution in [0.25, 0.3) is 0 Å². The summed E-state index contributed by atoms with van der Waals surface area (Å²) in [6.45, 7) is 1.63. The Bertz CT molecular complexity index is 521. The molecule has 2 N–H and O–H groups in total. The predicted molar refractivity (Wildman–Crippen MR) is 69.6 cm³/mol. The van der Waals surface area contributed by atoms with Gasteiger partial charge in [-0.05, 0) is 25.0 Å². The molecule has 0 aliphatic rings. The van der Waals surface area contributed by atoms with Gasteiger partial charge in [-0.25, -0.2) is 13.6 Å². The first kappa shape index (κ1) is 15.9. The van der Waals surface area contributed by atoms with Gasteiger partial charge in [-0.2, -0.15) is 0 Å². The minimum absolute atomic E-state index is 0.0786. The molecule has 110 valence electrons. The first-order valence-corrected chi connectivity index (χ1v) is 6.01. The summed E-state index contributed by atoms with van der Waals surface area (Å²) in [5.74, 6) is -2.65. The summed E-state index contributed by atoms with van der Waals surface area (Å²) in [6, 6.07) is 1.65. The second kappa shape index (κ2) is 6.83. The third kappa shape index (κ3) is 4.18. The van der Waals surface area contributed by atoms with E-state index in [0.717, 1.165) is 6.07 Å². The predicted octanol–water partition coefficient (Wildman–Crippen LogP) is 2.60. The summed E-state index contributed by atoms with van der Waals surface area (Å²) in [6.07, 6.45) is 0.183. The van der Waals surface area contributed by atoms with Crippen molar-refractivity contribution in [1.29, 1.82) is 0 Å². The molecule has 0 aliphatic heterocycles. The van der Waals surface area contributed by atoms with Gasteiger partial charge in [0.2, 0.25) is 0 Å². The molecule has 0 heterocycles. The van der Waals surface area contributed by atoms with Crippen molar-refractivity contribution in [3.8, 4) is 0 Å². The van der Waals surface area contributed by atoms with Gasteiger partial charge in [-0.3, -0.25) is 4.79 Å². The van der Waals surface area contributed by atoms with Gasteiger partial charge in [0.15, 0.2) is 5.82 Å². The Morgan fingerprint density at radius 3 is 2.60 bits per heavy atom. The number of aliphatic carboxylic acids is 1. The van der Waals surface area contributed by atoms with Crippen LogP contribution in [-0.4, -0.2) is 35.6 Å². The summed E-state index contributed by atoms with van der Waals surface area (Å²) < 4.78 is 27.2. The van der Waals surface area contributed by atoms with Crippen LogP contribution in [0, 0.1) is 18.6 Å². The molecule has 0 spiro atoms. The summed E-state index contributed by atoms with van der Waals surface area (Å²) in [5.41, 5.74) is -0.282. The molecule has 1 rings (SSSR count). The number of aryl methyl sites for hydroxylation is 1. The highest BCUT2D eigenvalue weighted by molar-refractivity contribution is 5.89. The van der Waals surface area contributed by atoms with E-state index in [4.69, 9.17) is 5.11 Å². The van der Waals surface area contributed by atoms with Crippen LogP contribution < -0.4 is 5.32 Å². The molecule has 7 heteroatoms. The van der Waals surface area contributed by atoms with Crippen molar-refractivity contribution in [2.24, 2.45) is 0 Å². The minimum Gasteiger partial charge on any atom is -0.481 e. The Balaban J connectivity index is 2.66. The Labute approximate surface area is 115 Å². The van der Waals surface area contributed by atoms with Crippen molar-refractivity contribution in [1.82, 2.24) is 4.90 Å². The monoisotopic (exact) mass is 286 g/mol. The summed E-state index contributed by atoms with van der Waals surface area (Å²) in [4.78, 5) is 23.3. The van der Waals surface area contributed by atoms with Crippen molar-refractivity contribution < 1.29 is 23.5 Å².